The monoisotopic (exact) mass is 270 g/mol. The second-order valence-corrected chi connectivity index (χ2v) is 6.01. The van der Waals surface area contributed by atoms with Crippen LogP contribution in [0.2, 0.25) is 0 Å². The Morgan fingerprint density at radius 1 is 1.42 bits per heavy atom. The van der Waals surface area contributed by atoms with Crippen molar-refractivity contribution in [1.82, 2.24) is 15.1 Å². The van der Waals surface area contributed by atoms with Crippen molar-refractivity contribution in [2.45, 2.75) is 44.7 Å². The predicted molar refractivity (Wildman–Crippen MR) is 79.0 cm³/mol. The molecule has 1 fully saturated rings. The van der Waals surface area contributed by atoms with Crippen molar-refractivity contribution in [3.05, 3.63) is 0 Å². The molecule has 0 bridgehead atoms. The lowest BCUT2D eigenvalue weighted by atomic mass is 9.95. The molecule has 1 rings (SSSR count). The van der Waals surface area contributed by atoms with Crippen molar-refractivity contribution in [3.8, 4) is 0 Å². The van der Waals surface area contributed by atoms with Gasteiger partial charge in [-0.15, -0.1) is 0 Å². The molecule has 1 unspecified atom stereocenters. The Bertz CT molecular complexity index is 287. The first-order chi connectivity index (χ1) is 8.89. The third kappa shape index (κ3) is 4.75. The summed E-state index contributed by atoms with van der Waals surface area (Å²) in [6, 6.07) is 0.701. The van der Waals surface area contributed by atoms with Crippen LogP contribution < -0.4 is 11.1 Å². The van der Waals surface area contributed by atoms with Crippen molar-refractivity contribution in [2.24, 2.45) is 5.73 Å². The van der Waals surface area contributed by atoms with Gasteiger partial charge in [0.1, 0.15) is 0 Å². The van der Waals surface area contributed by atoms with E-state index in [1.54, 1.807) is 0 Å². The highest BCUT2D eigenvalue weighted by Gasteiger charge is 2.31. The van der Waals surface area contributed by atoms with Crippen LogP contribution in [0.15, 0.2) is 0 Å². The number of likely N-dealkylation sites (tertiary alicyclic amines) is 1. The Morgan fingerprint density at radius 3 is 2.42 bits per heavy atom. The van der Waals surface area contributed by atoms with E-state index in [1.807, 2.05) is 13.8 Å². The van der Waals surface area contributed by atoms with Gasteiger partial charge in [0.05, 0.1) is 5.54 Å². The topological polar surface area (TPSA) is 61.6 Å². The van der Waals surface area contributed by atoms with E-state index in [9.17, 15) is 4.79 Å². The molecule has 0 aliphatic carbocycles. The maximum atomic E-state index is 11.6. The van der Waals surface area contributed by atoms with Crippen LogP contribution in [0.5, 0.6) is 0 Å². The lowest BCUT2D eigenvalue weighted by molar-refractivity contribution is -0.124. The second kappa shape index (κ2) is 7.22. The summed E-state index contributed by atoms with van der Waals surface area (Å²) in [4.78, 5) is 16.3. The summed E-state index contributed by atoms with van der Waals surface area (Å²) in [5.41, 5.74) is 4.93. The third-order valence-electron chi connectivity index (χ3n) is 4.33. The molecule has 5 heteroatoms. The zero-order valence-corrected chi connectivity index (χ0v) is 12.9. The van der Waals surface area contributed by atoms with Crippen LogP contribution >= 0.6 is 0 Å². The SMILES string of the molecule is CCNC(C)(CCN1CCC(N(C)C)CC1)C(N)=O. The standard InChI is InChI=1S/C14H30N4O/c1-5-16-14(2,13(15)19)8-11-18-9-6-12(7-10-18)17(3)4/h12,16H,5-11H2,1-4H3,(H2,15,19). The number of rotatable bonds is 7. The number of carbonyl (C=O) groups is 1. The Balaban J connectivity index is 2.38. The van der Waals surface area contributed by atoms with Gasteiger partial charge in [0.15, 0.2) is 0 Å². The minimum Gasteiger partial charge on any atom is -0.368 e. The van der Waals surface area contributed by atoms with Gasteiger partial charge in [-0.25, -0.2) is 0 Å². The number of nitrogens with zero attached hydrogens (tertiary/aromatic N) is 2. The quantitative estimate of drug-likeness (QED) is 0.696. The zero-order valence-electron chi connectivity index (χ0n) is 12.9. The average Bonchev–Trinajstić information content (AvgIpc) is 2.37. The third-order valence-corrected chi connectivity index (χ3v) is 4.33. The van der Waals surface area contributed by atoms with Gasteiger partial charge >= 0.3 is 0 Å². The van der Waals surface area contributed by atoms with Crippen LogP contribution in [0.3, 0.4) is 0 Å². The number of primary amides is 1. The first-order valence-electron chi connectivity index (χ1n) is 7.32. The van der Waals surface area contributed by atoms with E-state index >= 15 is 0 Å². The number of hydrogen-bond donors (Lipinski definition) is 2. The van der Waals surface area contributed by atoms with Crippen LogP contribution in [0.25, 0.3) is 0 Å². The van der Waals surface area contributed by atoms with Gasteiger partial charge in [-0.3, -0.25) is 4.79 Å². The molecule has 0 aromatic carbocycles. The molecule has 1 aliphatic heterocycles. The van der Waals surface area contributed by atoms with Crippen molar-refractivity contribution in [1.29, 1.82) is 0 Å². The summed E-state index contributed by atoms with van der Waals surface area (Å²) in [6.45, 7) is 7.84. The average molecular weight is 270 g/mol. The first kappa shape index (κ1) is 16.4. The van der Waals surface area contributed by atoms with Crippen molar-refractivity contribution < 1.29 is 4.79 Å². The molecule has 1 atom stereocenters. The first-order valence-corrected chi connectivity index (χ1v) is 7.32. The number of likely N-dealkylation sites (N-methyl/N-ethyl adjacent to an activating group) is 1. The van der Waals surface area contributed by atoms with Crippen LogP contribution in [0.1, 0.15) is 33.1 Å². The highest BCUT2D eigenvalue weighted by molar-refractivity contribution is 5.84. The molecule has 0 spiro atoms. The fraction of sp³-hybridized carbons (Fsp3) is 0.929. The summed E-state index contributed by atoms with van der Waals surface area (Å²) in [7, 11) is 4.30. The summed E-state index contributed by atoms with van der Waals surface area (Å²) < 4.78 is 0. The fourth-order valence-electron chi connectivity index (χ4n) is 2.73. The summed E-state index contributed by atoms with van der Waals surface area (Å²) >= 11 is 0. The number of nitrogens with one attached hydrogen (secondary N) is 1. The Morgan fingerprint density at radius 2 is 2.00 bits per heavy atom. The smallest absolute Gasteiger partial charge is 0.237 e. The van der Waals surface area contributed by atoms with Crippen LogP contribution in [0, 0.1) is 0 Å². The second-order valence-electron chi connectivity index (χ2n) is 6.01. The van der Waals surface area contributed by atoms with Crippen LogP contribution in [-0.2, 0) is 4.79 Å². The lowest BCUT2D eigenvalue weighted by Crippen LogP contribution is -2.55. The molecule has 1 heterocycles. The van der Waals surface area contributed by atoms with E-state index in [0.717, 1.165) is 32.6 Å². The minimum atomic E-state index is -0.576. The lowest BCUT2D eigenvalue weighted by Gasteiger charge is -2.37. The number of nitrogens with two attached hydrogens (primary N) is 1. The molecule has 112 valence electrons. The molecular weight excluding hydrogens is 240 g/mol. The van der Waals surface area contributed by atoms with Crippen molar-refractivity contribution in [2.75, 3.05) is 40.3 Å². The molecule has 1 saturated heterocycles. The molecule has 0 radical (unpaired) electrons. The van der Waals surface area contributed by atoms with E-state index in [1.165, 1.54) is 12.8 Å². The Labute approximate surface area is 117 Å². The highest BCUT2D eigenvalue weighted by Crippen LogP contribution is 2.16. The van der Waals surface area contributed by atoms with E-state index in [4.69, 9.17) is 5.73 Å². The minimum absolute atomic E-state index is 0.252. The summed E-state index contributed by atoms with van der Waals surface area (Å²) in [6.07, 6.45) is 3.20. The summed E-state index contributed by atoms with van der Waals surface area (Å²) in [5.74, 6) is -0.252. The molecule has 0 aromatic heterocycles. The molecule has 0 saturated carbocycles. The summed E-state index contributed by atoms with van der Waals surface area (Å²) in [5, 5.41) is 3.22. The van der Waals surface area contributed by atoms with Gasteiger partial charge in [0.2, 0.25) is 5.91 Å². The zero-order chi connectivity index (χ0) is 14.5. The number of hydrogen-bond acceptors (Lipinski definition) is 4. The maximum absolute atomic E-state index is 11.6. The molecular formula is C14H30N4O. The molecule has 1 aliphatic rings. The molecule has 5 nitrogen and oxygen atoms in total. The molecule has 3 N–H and O–H groups in total. The molecule has 1 amide bonds. The van der Waals surface area contributed by atoms with Gasteiger partial charge < -0.3 is 20.9 Å². The van der Waals surface area contributed by atoms with Gasteiger partial charge in [0, 0.05) is 12.6 Å². The predicted octanol–water partition coefficient (Wildman–Crippen LogP) is 0.256. The van der Waals surface area contributed by atoms with Gasteiger partial charge in [-0.05, 0) is 59.9 Å². The Kier molecular flexibility index (Phi) is 6.23. The largest absolute Gasteiger partial charge is 0.368 e. The van der Waals surface area contributed by atoms with E-state index < -0.39 is 5.54 Å². The van der Waals surface area contributed by atoms with Gasteiger partial charge in [-0.1, -0.05) is 6.92 Å². The normalized spacial score (nSPS) is 21.5. The highest BCUT2D eigenvalue weighted by atomic mass is 16.1. The van der Waals surface area contributed by atoms with Crippen LogP contribution in [0.4, 0.5) is 0 Å². The van der Waals surface area contributed by atoms with Gasteiger partial charge in [-0.2, -0.15) is 0 Å². The van der Waals surface area contributed by atoms with Crippen molar-refractivity contribution >= 4 is 5.91 Å². The van der Waals surface area contributed by atoms with Crippen LogP contribution in [-0.4, -0.2) is 67.6 Å². The van der Waals surface area contributed by atoms with E-state index in [2.05, 4.69) is 29.2 Å². The molecule has 0 aromatic rings. The van der Waals surface area contributed by atoms with E-state index in [0.29, 0.717) is 6.04 Å². The Hall–Kier alpha value is -0.650. The van der Waals surface area contributed by atoms with E-state index in [-0.39, 0.29) is 5.91 Å². The fourth-order valence-corrected chi connectivity index (χ4v) is 2.73. The number of piperidine rings is 1. The number of carbonyl (C=O) groups excluding carboxylic acids is 1. The number of amides is 1. The molecule has 19 heavy (non-hydrogen) atoms. The van der Waals surface area contributed by atoms with Gasteiger partial charge in [0.25, 0.3) is 0 Å². The van der Waals surface area contributed by atoms with Crippen molar-refractivity contribution in [3.63, 3.8) is 0 Å². The maximum Gasteiger partial charge on any atom is 0.237 e.